The molecule has 0 N–H and O–H groups in total. The second-order valence-corrected chi connectivity index (χ2v) is 5.57. The monoisotopic (exact) mass is 230 g/mol. The highest BCUT2D eigenvalue weighted by Crippen LogP contribution is 2.25. The van der Waals surface area contributed by atoms with Crippen molar-refractivity contribution in [3.8, 4) is 0 Å². The minimum Gasteiger partial charge on any atom is -0.371 e. The smallest absolute Gasteiger partial charge is 0.0467 e. The average molecular weight is 230 g/mol. The van der Waals surface area contributed by atoms with Crippen LogP contribution in [0, 0.1) is 0 Å². The highest BCUT2D eigenvalue weighted by Gasteiger charge is 2.32. The van der Waals surface area contributed by atoms with Crippen molar-refractivity contribution in [2.75, 3.05) is 20.1 Å². The minimum atomic E-state index is 0.171. The van der Waals surface area contributed by atoms with Gasteiger partial charge in [-0.1, -0.05) is 36.9 Å². The van der Waals surface area contributed by atoms with Crippen molar-refractivity contribution in [3.05, 3.63) is 48.2 Å². The molecule has 1 aliphatic rings. The zero-order chi connectivity index (χ0) is 12.5. The second-order valence-electron chi connectivity index (χ2n) is 5.57. The molecule has 1 heterocycles. The van der Waals surface area contributed by atoms with Crippen LogP contribution in [-0.4, -0.2) is 35.5 Å². The molecule has 92 valence electrons. The quantitative estimate of drug-likeness (QED) is 0.771. The fraction of sp³-hybridized carbons (Fsp3) is 0.467. The molecule has 1 aliphatic heterocycles. The average Bonchev–Trinajstić information content (AvgIpc) is 2.27. The first-order valence-corrected chi connectivity index (χ1v) is 6.17. The Labute approximate surface area is 105 Å². The number of rotatable bonds is 2. The third-order valence-electron chi connectivity index (χ3n) is 3.65. The van der Waals surface area contributed by atoms with E-state index in [1.165, 1.54) is 11.3 Å². The molecule has 17 heavy (non-hydrogen) atoms. The summed E-state index contributed by atoms with van der Waals surface area (Å²) in [5, 5.41) is 0. The van der Waals surface area contributed by atoms with E-state index in [1.54, 1.807) is 0 Å². The number of benzene rings is 1. The van der Waals surface area contributed by atoms with Crippen LogP contribution in [0.5, 0.6) is 0 Å². The predicted molar refractivity (Wildman–Crippen MR) is 72.7 cm³/mol. The van der Waals surface area contributed by atoms with Crippen LogP contribution in [0.15, 0.2) is 42.6 Å². The summed E-state index contributed by atoms with van der Waals surface area (Å²) in [5.41, 5.74) is 2.75. The molecule has 2 heteroatoms. The van der Waals surface area contributed by atoms with E-state index in [2.05, 4.69) is 67.6 Å². The molecule has 0 radical (unpaired) electrons. The Kier molecular flexibility index (Phi) is 3.25. The summed E-state index contributed by atoms with van der Waals surface area (Å²) in [5.74, 6) is 0. The van der Waals surface area contributed by atoms with Gasteiger partial charge in [0.05, 0.1) is 0 Å². The largest absolute Gasteiger partial charge is 0.371 e. The topological polar surface area (TPSA) is 6.48 Å². The van der Waals surface area contributed by atoms with Crippen molar-refractivity contribution in [2.45, 2.75) is 25.9 Å². The number of piperazine rings is 1. The van der Waals surface area contributed by atoms with Crippen molar-refractivity contribution in [2.24, 2.45) is 0 Å². The molecular weight excluding hydrogens is 208 g/mol. The zero-order valence-electron chi connectivity index (χ0n) is 11.1. The number of likely N-dealkylation sites (N-methyl/N-ethyl adjacent to an activating group) is 1. The molecule has 0 unspecified atom stereocenters. The molecule has 0 amide bonds. The van der Waals surface area contributed by atoms with E-state index in [1.807, 2.05) is 0 Å². The maximum Gasteiger partial charge on any atom is 0.0467 e. The van der Waals surface area contributed by atoms with Gasteiger partial charge in [0.25, 0.3) is 0 Å². The molecule has 2 nitrogen and oxygen atoms in total. The Hall–Kier alpha value is -1.28. The molecule has 0 saturated carbocycles. The van der Waals surface area contributed by atoms with Crippen LogP contribution in [0.3, 0.4) is 0 Å². The standard InChI is InChI=1S/C15H22N2/c1-13-10-17(12-15(2,3)16(13)4)11-14-8-6-5-7-9-14/h5-9H,1,10-12H2,2-4H3. The molecule has 0 atom stereocenters. The first-order chi connectivity index (χ1) is 7.99. The van der Waals surface area contributed by atoms with Gasteiger partial charge in [0.1, 0.15) is 0 Å². The van der Waals surface area contributed by atoms with Gasteiger partial charge in [0, 0.05) is 37.9 Å². The number of hydrogen-bond donors (Lipinski definition) is 0. The Morgan fingerprint density at radius 3 is 2.47 bits per heavy atom. The fourth-order valence-corrected chi connectivity index (χ4v) is 2.45. The lowest BCUT2D eigenvalue weighted by Gasteiger charge is -2.47. The fourth-order valence-electron chi connectivity index (χ4n) is 2.45. The summed E-state index contributed by atoms with van der Waals surface area (Å²) in [6, 6.07) is 10.6. The molecule has 1 fully saturated rings. The van der Waals surface area contributed by atoms with Crippen molar-refractivity contribution < 1.29 is 0 Å². The van der Waals surface area contributed by atoms with Crippen LogP contribution in [0.1, 0.15) is 19.4 Å². The summed E-state index contributed by atoms with van der Waals surface area (Å²) < 4.78 is 0. The van der Waals surface area contributed by atoms with Crippen molar-refractivity contribution in [1.29, 1.82) is 0 Å². The first kappa shape index (κ1) is 12.2. The molecule has 2 rings (SSSR count). The van der Waals surface area contributed by atoms with Crippen molar-refractivity contribution >= 4 is 0 Å². The maximum atomic E-state index is 4.17. The van der Waals surface area contributed by atoms with Gasteiger partial charge >= 0.3 is 0 Å². The van der Waals surface area contributed by atoms with Gasteiger partial charge in [0.2, 0.25) is 0 Å². The van der Waals surface area contributed by atoms with Gasteiger partial charge < -0.3 is 4.90 Å². The van der Waals surface area contributed by atoms with Crippen LogP contribution < -0.4 is 0 Å². The Morgan fingerprint density at radius 1 is 1.24 bits per heavy atom. The molecule has 0 bridgehead atoms. The van der Waals surface area contributed by atoms with E-state index < -0.39 is 0 Å². The van der Waals surface area contributed by atoms with Gasteiger partial charge in [-0.05, 0) is 19.4 Å². The van der Waals surface area contributed by atoms with Crippen LogP contribution in [0.4, 0.5) is 0 Å². The number of hydrogen-bond acceptors (Lipinski definition) is 2. The SMILES string of the molecule is C=C1CN(Cc2ccccc2)CC(C)(C)N1C. The van der Waals surface area contributed by atoms with Gasteiger partial charge in [-0.3, -0.25) is 4.90 Å². The van der Waals surface area contributed by atoms with E-state index in [0.717, 1.165) is 19.6 Å². The van der Waals surface area contributed by atoms with E-state index in [-0.39, 0.29) is 5.54 Å². The molecule has 0 aliphatic carbocycles. The summed E-state index contributed by atoms with van der Waals surface area (Å²) in [6.45, 7) is 11.8. The van der Waals surface area contributed by atoms with Gasteiger partial charge in [-0.2, -0.15) is 0 Å². The predicted octanol–water partition coefficient (Wildman–Crippen LogP) is 2.73. The zero-order valence-corrected chi connectivity index (χ0v) is 11.1. The molecule has 0 spiro atoms. The lowest BCUT2D eigenvalue weighted by molar-refractivity contribution is 0.0736. The molecule has 1 saturated heterocycles. The summed E-state index contributed by atoms with van der Waals surface area (Å²) in [4.78, 5) is 4.77. The number of nitrogens with zero attached hydrogens (tertiary/aromatic N) is 2. The van der Waals surface area contributed by atoms with Gasteiger partial charge in [-0.15, -0.1) is 0 Å². The summed E-state index contributed by atoms with van der Waals surface area (Å²) in [7, 11) is 2.14. The minimum absolute atomic E-state index is 0.171. The normalized spacial score (nSPS) is 20.6. The lowest BCUT2D eigenvalue weighted by atomic mass is 9.98. The molecule has 0 aromatic heterocycles. The van der Waals surface area contributed by atoms with Gasteiger partial charge in [0.15, 0.2) is 0 Å². The van der Waals surface area contributed by atoms with Crippen LogP contribution in [0.2, 0.25) is 0 Å². The highest BCUT2D eigenvalue weighted by molar-refractivity contribution is 5.16. The van der Waals surface area contributed by atoms with Crippen LogP contribution in [0.25, 0.3) is 0 Å². The molecule has 1 aromatic carbocycles. The van der Waals surface area contributed by atoms with Crippen LogP contribution >= 0.6 is 0 Å². The van der Waals surface area contributed by atoms with E-state index in [9.17, 15) is 0 Å². The Balaban J connectivity index is 2.06. The van der Waals surface area contributed by atoms with E-state index in [4.69, 9.17) is 0 Å². The van der Waals surface area contributed by atoms with Crippen LogP contribution in [-0.2, 0) is 6.54 Å². The Bertz CT molecular complexity index is 395. The van der Waals surface area contributed by atoms with E-state index >= 15 is 0 Å². The molecule has 1 aromatic rings. The first-order valence-electron chi connectivity index (χ1n) is 6.17. The third-order valence-corrected chi connectivity index (χ3v) is 3.65. The summed E-state index contributed by atoms with van der Waals surface area (Å²) in [6.07, 6.45) is 0. The second kappa shape index (κ2) is 4.53. The maximum absolute atomic E-state index is 4.17. The highest BCUT2D eigenvalue weighted by atomic mass is 15.3. The van der Waals surface area contributed by atoms with E-state index in [0.29, 0.717) is 0 Å². The Morgan fingerprint density at radius 2 is 1.88 bits per heavy atom. The third kappa shape index (κ3) is 2.70. The van der Waals surface area contributed by atoms with Gasteiger partial charge in [-0.25, -0.2) is 0 Å². The van der Waals surface area contributed by atoms with Crippen molar-refractivity contribution in [1.82, 2.24) is 9.80 Å². The van der Waals surface area contributed by atoms with Crippen molar-refractivity contribution in [3.63, 3.8) is 0 Å². The lowest BCUT2D eigenvalue weighted by Crippen LogP contribution is -2.55. The molecular formula is C15H22N2. The summed E-state index contributed by atoms with van der Waals surface area (Å²) >= 11 is 0.